The molecule has 0 radical (unpaired) electrons. The number of carboxylic acid groups (broad SMARTS) is 1. The van der Waals surface area contributed by atoms with E-state index in [-0.39, 0.29) is 17.9 Å². The van der Waals surface area contributed by atoms with E-state index in [4.69, 9.17) is 5.11 Å². The van der Waals surface area contributed by atoms with Gasteiger partial charge in [0.1, 0.15) is 0 Å². The summed E-state index contributed by atoms with van der Waals surface area (Å²) in [5.74, 6) is -1.17. The topological polar surface area (TPSA) is 79.6 Å². The van der Waals surface area contributed by atoms with Gasteiger partial charge in [-0.1, -0.05) is 18.2 Å². The van der Waals surface area contributed by atoms with Gasteiger partial charge in [0.05, 0.1) is 11.1 Å². The van der Waals surface area contributed by atoms with E-state index in [9.17, 15) is 14.4 Å². The predicted molar refractivity (Wildman–Crippen MR) is 83.0 cm³/mol. The van der Waals surface area contributed by atoms with Crippen LogP contribution in [-0.4, -0.2) is 40.0 Å². The Kier molecular flexibility index (Phi) is 4.60. The predicted octanol–water partition coefficient (Wildman–Crippen LogP) is 1.48. The van der Waals surface area contributed by atoms with Crippen LogP contribution in [-0.2, 0) is 11.8 Å². The Morgan fingerprint density at radius 2 is 1.95 bits per heavy atom. The minimum atomic E-state index is -0.889. The van der Waals surface area contributed by atoms with E-state index in [1.165, 1.54) is 15.5 Å². The number of amides is 1. The van der Waals surface area contributed by atoms with E-state index >= 15 is 0 Å². The number of hydrogen-bond donors (Lipinski definition) is 1. The molecular weight excluding hydrogens is 284 g/mol. The lowest BCUT2D eigenvalue weighted by molar-refractivity contribution is -0.137. The Bertz CT molecular complexity index is 779. The molecule has 1 amide bonds. The van der Waals surface area contributed by atoms with Gasteiger partial charge in [-0.15, -0.1) is 0 Å². The minimum Gasteiger partial charge on any atom is -0.481 e. The van der Waals surface area contributed by atoms with E-state index in [2.05, 4.69) is 0 Å². The van der Waals surface area contributed by atoms with Gasteiger partial charge in [0.2, 0.25) is 0 Å². The number of hydrogen-bond acceptors (Lipinski definition) is 3. The third kappa shape index (κ3) is 3.16. The summed E-state index contributed by atoms with van der Waals surface area (Å²) < 4.78 is 1.50. The Morgan fingerprint density at radius 3 is 2.64 bits per heavy atom. The third-order valence-electron chi connectivity index (χ3n) is 3.62. The van der Waals surface area contributed by atoms with Gasteiger partial charge >= 0.3 is 5.97 Å². The summed E-state index contributed by atoms with van der Waals surface area (Å²) in [6.07, 6.45) is 0.384. The van der Waals surface area contributed by atoms with Crippen LogP contribution in [0, 0.1) is 0 Å². The van der Waals surface area contributed by atoms with Crippen molar-refractivity contribution in [3.05, 3.63) is 46.2 Å². The van der Waals surface area contributed by atoms with Crippen LogP contribution < -0.4 is 5.56 Å². The summed E-state index contributed by atoms with van der Waals surface area (Å²) in [4.78, 5) is 36.5. The molecule has 0 unspecified atom stereocenters. The number of carbonyl (C=O) groups excluding carboxylic acids is 1. The van der Waals surface area contributed by atoms with Crippen LogP contribution >= 0.6 is 0 Å². The molecule has 22 heavy (non-hydrogen) atoms. The molecule has 2 aromatic rings. The minimum absolute atomic E-state index is 0.00885. The molecule has 2 rings (SSSR count). The third-order valence-corrected chi connectivity index (χ3v) is 3.62. The number of fused-ring (bicyclic) bond motifs is 1. The van der Waals surface area contributed by atoms with Crippen molar-refractivity contribution in [1.82, 2.24) is 9.47 Å². The fourth-order valence-electron chi connectivity index (χ4n) is 2.36. The molecule has 0 spiro atoms. The molecule has 0 aliphatic rings. The highest BCUT2D eigenvalue weighted by Gasteiger charge is 2.17. The average molecular weight is 302 g/mol. The first-order valence-corrected chi connectivity index (χ1v) is 6.98. The molecule has 1 aromatic heterocycles. The Labute approximate surface area is 127 Å². The zero-order valence-corrected chi connectivity index (χ0v) is 12.6. The highest BCUT2D eigenvalue weighted by atomic mass is 16.4. The molecule has 0 aliphatic carbocycles. The van der Waals surface area contributed by atoms with Crippen LogP contribution in [0.2, 0.25) is 0 Å². The van der Waals surface area contributed by atoms with Gasteiger partial charge in [0.15, 0.2) is 0 Å². The summed E-state index contributed by atoms with van der Waals surface area (Å²) in [6.45, 7) is 0.328. The molecule has 0 atom stereocenters. The molecule has 0 fully saturated rings. The number of benzene rings is 1. The monoisotopic (exact) mass is 302 g/mol. The molecule has 0 aliphatic heterocycles. The lowest BCUT2D eigenvalue weighted by Crippen LogP contribution is -2.30. The number of aryl methyl sites for hydroxylation is 1. The van der Waals surface area contributed by atoms with Gasteiger partial charge in [0, 0.05) is 38.5 Å². The summed E-state index contributed by atoms with van der Waals surface area (Å²) in [7, 11) is 3.27. The van der Waals surface area contributed by atoms with Crippen LogP contribution in [0.3, 0.4) is 0 Å². The fraction of sp³-hybridized carbons (Fsp3) is 0.312. The molecule has 6 heteroatoms. The summed E-state index contributed by atoms with van der Waals surface area (Å²) >= 11 is 0. The molecule has 1 aromatic carbocycles. The Morgan fingerprint density at radius 1 is 1.27 bits per heavy atom. The van der Waals surface area contributed by atoms with Crippen LogP contribution in [0.25, 0.3) is 10.9 Å². The number of pyridine rings is 1. The van der Waals surface area contributed by atoms with Crippen molar-refractivity contribution in [3.8, 4) is 0 Å². The van der Waals surface area contributed by atoms with Gasteiger partial charge in [-0.25, -0.2) is 0 Å². The number of carboxylic acids is 1. The quantitative estimate of drug-likeness (QED) is 0.907. The number of aromatic nitrogens is 1. The Balaban J connectivity index is 2.34. The molecule has 6 nitrogen and oxygen atoms in total. The first-order valence-electron chi connectivity index (χ1n) is 6.98. The Hall–Kier alpha value is -2.63. The van der Waals surface area contributed by atoms with E-state index in [0.717, 1.165) is 0 Å². The highest BCUT2D eigenvalue weighted by Crippen LogP contribution is 2.17. The molecule has 0 saturated heterocycles. The van der Waals surface area contributed by atoms with Crippen molar-refractivity contribution in [3.63, 3.8) is 0 Å². The summed E-state index contributed by atoms with van der Waals surface area (Å²) in [6, 6.07) is 8.55. The average Bonchev–Trinajstić information content (AvgIpc) is 2.49. The first-order chi connectivity index (χ1) is 10.4. The second-order valence-electron chi connectivity index (χ2n) is 5.20. The van der Waals surface area contributed by atoms with Crippen LogP contribution in [0.5, 0.6) is 0 Å². The molecule has 116 valence electrons. The number of carbonyl (C=O) groups is 2. The van der Waals surface area contributed by atoms with Crippen LogP contribution in [0.1, 0.15) is 23.2 Å². The van der Waals surface area contributed by atoms with E-state index in [1.54, 1.807) is 26.2 Å². The molecular formula is C16H18N2O4. The second-order valence-corrected chi connectivity index (χ2v) is 5.20. The highest BCUT2D eigenvalue weighted by molar-refractivity contribution is 6.06. The van der Waals surface area contributed by atoms with Gasteiger partial charge in [0.25, 0.3) is 11.5 Å². The number of para-hydroxylation sites is 1. The fourth-order valence-corrected chi connectivity index (χ4v) is 2.36. The van der Waals surface area contributed by atoms with Gasteiger partial charge in [-0.05, 0) is 12.5 Å². The van der Waals surface area contributed by atoms with Crippen molar-refractivity contribution in [1.29, 1.82) is 0 Å². The van der Waals surface area contributed by atoms with Crippen LogP contribution in [0.15, 0.2) is 35.1 Å². The van der Waals surface area contributed by atoms with Crippen molar-refractivity contribution in [2.24, 2.45) is 7.05 Å². The number of rotatable bonds is 5. The number of nitrogens with zero attached hydrogens (tertiary/aromatic N) is 2. The smallest absolute Gasteiger partial charge is 0.303 e. The normalized spacial score (nSPS) is 10.6. The van der Waals surface area contributed by atoms with Crippen molar-refractivity contribution in [2.45, 2.75) is 12.8 Å². The maximum absolute atomic E-state index is 12.5. The standard InChI is InChI=1S/C16H18N2O4/c1-17(9-5-8-15(20)21)16(22)12-10-14(19)18(2)13-7-4-3-6-11(12)13/h3-4,6-7,10H,5,8-9H2,1-2H3,(H,20,21). The lowest BCUT2D eigenvalue weighted by atomic mass is 10.1. The zero-order chi connectivity index (χ0) is 16.3. The summed E-state index contributed by atoms with van der Waals surface area (Å²) in [5, 5.41) is 9.35. The SMILES string of the molecule is CN(CCCC(=O)O)C(=O)c1cc(=O)n(C)c2ccccc12. The van der Waals surface area contributed by atoms with Gasteiger partial charge < -0.3 is 14.6 Å². The van der Waals surface area contributed by atoms with Crippen molar-refractivity contribution in [2.75, 3.05) is 13.6 Å². The molecule has 1 N–H and O–H groups in total. The van der Waals surface area contributed by atoms with Crippen molar-refractivity contribution < 1.29 is 14.7 Å². The molecule has 0 saturated carbocycles. The van der Waals surface area contributed by atoms with E-state index in [0.29, 0.717) is 29.4 Å². The summed E-state index contributed by atoms with van der Waals surface area (Å²) in [5.41, 5.74) is 0.787. The van der Waals surface area contributed by atoms with E-state index in [1.807, 2.05) is 12.1 Å². The van der Waals surface area contributed by atoms with Crippen LogP contribution in [0.4, 0.5) is 0 Å². The number of aliphatic carboxylic acids is 1. The zero-order valence-electron chi connectivity index (χ0n) is 12.6. The largest absolute Gasteiger partial charge is 0.481 e. The van der Waals surface area contributed by atoms with E-state index < -0.39 is 5.97 Å². The maximum atomic E-state index is 12.5. The molecule has 0 bridgehead atoms. The molecule has 1 heterocycles. The maximum Gasteiger partial charge on any atom is 0.303 e. The van der Waals surface area contributed by atoms with Gasteiger partial charge in [-0.2, -0.15) is 0 Å². The van der Waals surface area contributed by atoms with Gasteiger partial charge in [-0.3, -0.25) is 14.4 Å². The lowest BCUT2D eigenvalue weighted by Gasteiger charge is -2.18. The van der Waals surface area contributed by atoms with Crippen molar-refractivity contribution >= 4 is 22.8 Å². The first kappa shape index (κ1) is 15.8. The second kappa shape index (κ2) is 6.43.